The van der Waals surface area contributed by atoms with Crippen molar-refractivity contribution < 1.29 is 14.4 Å². The minimum absolute atomic E-state index is 0.00493. The standard InChI is InChI=1S/C24H25N5O3/c1-15-18(14-29(2)28-15)13-25-23(31)24(32)27-21-10-6-5-9-20(21)22(30)26-19-11-16-7-3-4-8-17(16)12-19/h3-10,14,19H,11-13H2,1-2H3,(H,25,31)(H,26,30)(H,27,32). The Morgan fingerprint density at radius 1 is 1.00 bits per heavy atom. The zero-order valence-electron chi connectivity index (χ0n) is 18.0. The lowest BCUT2D eigenvalue weighted by Gasteiger charge is -2.15. The Labute approximate surface area is 186 Å². The SMILES string of the molecule is Cc1nn(C)cc1CNC(=O)C(=O)Nc1ccccc1C(=O)NC1Cc2ccccc2C1. The average molecular weight is 431 g/mol. The van der Waals surface area contributed by atoms with Crippen molar-refractivity contribution in [3.05, 3.63) is 82.7 Å². The maximum Gasteiger partial charge on any atom is 0.313 e. The first-order valence-corrected chi connectivity index (χ1v) is 10.5. The molecule has 0 saturated heterocycles. The Bertz CT molecular complexity index is 1160. The topological polar surface area (TPSA) is 105 Å². The van der Waals surface area contributed by atoms with Crippen LogP contribution in [0.15, 0.2) is 54.7 Å². The second-order valence-corrected chi connectivity index (χ2v) is 7.94. The molecule has 2 aromatic carbocycles. The van der Waals surface area contributed by atoms with E-state index in [1.165, 1.54) is 11.1 Å². The quantitative estimate of drug-likeness (QED) is 0.537. The van der Waals surface area contributed by atoms with Gasteiger partial charge in [-0.15, -0.1) is 0 Å². The van der Waals surface area contributed by atoms with E-state index in [1.807, 2.05) is 19.1 Å². The van der Waals surface area contributed by atoms with Crippen LogP contribution < -0.4 is 16.0 Å². The number of carbonyl (C=O) groups is 3. The lowest BCUT2D eigenvalue weighted by Crippen LogP contribution is -2.37. The Kier molecular flexibility index (Phi) is 6.02. The smallest absolute Gasteiger partial charge is 0.313 e. The third-order valence-corrected chi connectivity index (χ3v) is 5.57. The molecule has 0 atom stereocenters. The number of para-hydroxylation sites is 1. The van der Waals surface area contributed by atoms with Crippen molar-refractivity contribution >= 4 is 23.4 Å². The molecule has 0 fully saturated rings. The van der Waals surface area contributed by atoms with Gasteiger partial charge in [0, 0.05) is 31.4 Å². The van der Waals surface area contributed by atoms with Gasteiger partial charge in [0.05, 0.1) is 16.9 Å². The van der Waals surface area contributed by atoms with E-state index in [2.05, 4.69) is 33.2 Å². The molecule has 1 aliphatic rings. The van der Waals surface area contributed by atoms with Gasteiger partial charge in [-0.1, -0.05) is 36.4 Å². The molecule has 3 amide bonds. The van der Waals surface area contributed by atoms with E-state index >= 15 is 0 Å². The first kappa shape index (κ1) is 21.3. The number of hydrogen-bond acceptors (Lipinski definition) is 4. The summed E-state index contributed by atoms with van der Waals surface area (Å²) in [7, 11) is 1.79. The number of anilines is 1. The minimum Gasteiger partial charge on any atom is -0.349 e. The van der Waals surface area contributed by atoms with E-state index in [0.717, 1.165) is 24.1 Å². The molecule has 0 bridgehead atoms. The van der Waals surface area contributed by atoms with Gasteiger partial charge in [0.1, 0.15) is 0 Å². The predicted octanol–water partition coefficient (Wildman–Crippen LogP) is 1.88. The fourth-order valence-electron chi connectivity index (χ4n) is 3.97. The summed E-state index contributed by atoms with van der Waals surface area (Å²) in [6.07, 6.45) is 3.33. The molecule has 164 valence electrons. The molecule has 1 heterocycles. The van der Waals surface area contributed by atoms with E-state index in [4.69, 9.17) is 0 Å². The number of nitrogens with one attached hydrogen (secondary N) is 3. The van der Waals surface area contributed by atoms with Crippen LogP contribution in [0.25, 0.3) is 0 Å². The van der Waals surface area contributed by atoms with Gasteiger partial charge in [0.25, 0.3) is 5.91 Å². The molecule has 8 heteroatoms. The number of fused-ring (bicyclic) bond motifs is 1. The molecule has 0 aliphatic heterocycles. The van der Waals surface area contributed by atoms with Crippen LogP contribution in [0.1, 0.15) is 32.7 Å². The highest BCUT2D eigenvalue weighted by atomic mass is 16.2. The summed E-state index contributed by atoms with van der Waals surface area (Å²) in [5.41, 5.74) is 4.68. The number of benzene rings is 2. The molecule has 8 nitrogen and oxygen atoms in total. The lowest BCUT2D eigenvalue weighted by molar-refractivity contribution is -0.136. The van der Waals surface area contributed by atoms with E-state index in [0.29, 0.717) is 11.3 Å². The fraction of sp³-hybridized carbons (Fsp3) is 0.250. The molecule has 3 N–H and O–H groups in total. The Balaban J connectivity index is 1.37. The molecule has 0 radical (unpaired) electrons. The number of aryl methyl sites for hydroxylation is 2. The molecular formula is C24H25N5O3. The summed E-state index contributed by atoms with van der Waals surface area (Å²) in [6, 6.07) is 14.8. The lowest BCUT2D eigenvalue weighted by atomic mass is 10.1. The molecule has 0 unspecified atom stereocenters. The van der Waals surface area contributed by atoms with Gasteiger partial charge in [-0.3, -0.25) is 19.1 Å². The monoisotopic (exact) mass is 431 g/mol. The summed E-state index contributed by atoms with van der Waals surface area (Å²) < 4.78 is 1.65. The zero-order valence-corrected chi connectivity index (χ0v) is 18.0. The van der Waals surface area contributed by atoms with E-state index in [9.17, 15) is 14.4 Å². The number of nitrogens with zero attached hydrogens (tertiary/aromatic N) is 2. The molecule has 4 rings (SSSR count). The number of hydrogen-bond donors (Lipinski definition) is 3. The summed E-state index contributed by atoms with van der Waals surface area (Å²) >= 11 is 0. The van der Waals surface area contributed by atoms with Crippen LogP contribution in [0, 0.1) is 6.92 Å². The van der Waals surface area contributed by atoms with Gasteiger partial charge < -0.3 is 16.0 Å². The van der Waals surface area contributed by atoms with Crippen molar-refractivity contribution in [3.63, 3.8) is 0 Å². The van der Waals surface area contributed by atoms with Gasteiger partial charge in [-0.2, -0.15) is 5.10 Å². The molecule has 1 aromatic heterocycles. The van der Waals surface area contributed by atoms with E-state index in [-0.39, 0.29) is 18.5 Å². The highest BCUT2D eigenvalue weighted by Gasteiger charge is 2.24. The minimum atomic E-state index is -0.833. The normalized spacial score (nSPS) is 12.8. The highest BCUT2D eigenvalue weighted by Crippen LogP contribution is 2.23. The van der Waals surface area contributed by atoms with Crippen LogP contribution in [-0.4, -0.2) is 33.5 Å². The summed E-state index contributed by atoms with van der Waals surface area (Å²) in [6.45, 7) is 2.02. The molecule has 32 heavy (non-hydrogen) atoms. The van der Waals surface area contributed by atoms with Crippen LogP contribution >= 0.6 is 0 Å². The Morgan fingerprint density at radius 2 is 1.66 bits per heavy atom. The van der Waals surface area contributed by atoms with Crippen molar-refractivity contribution in [2.45, 2.75) is 32.4 Å². The largest absolute Gasteiger partial charge is 0.349 e. The molecule has 0 saturated carbocycles. The average Bonchev–Trinajstić information content (AvgIpc) is 3.33. The maximum absolute atomic E-state index is 12.9. The van der Waals surface area contributed by atoms with Crippen LogP contribution in [0.2, 0.25) is 0 Å². The number of rotatable bonds is 5. The first-order chi connectivity index (χ1) is 15.4. The van der Waals surface area contributed by atoms with Crippen LogP contribution in [0.4, 0.5) is 5.69 Å². The van der Waals surface area contributed by atoms with Crippen LogP contribution in [-0.2, 0) is 36.0 Å². The second kappa shape index (κ2) is 9.05. The van der Waals surface area contributed by atoms with Crippen molar-refractivity contribution in [2.24, 2.45) is 7.05 Å². The van der Waals surface area contributed by atoms with E-state index < -0.39 is 11.8 Å². The summed E-state index contributed by atoms with van der Waals surface area (Å²) in [5, 5.41) is 12.4. The van der Waals surface area contributed by atoms with Gasteiger partial charge in [0.2, 0.25) is 0 Å². The van der Waals surface area contributed by atoms with Gasteiger partial charge in [-0.25, -0.2) is 0 Å². The third-order valence-electron chi connectivity index (χ3n) is 5.57. The van der Waals surface area contributed by atoms with Gasteiger partial charge in [-0.05, 0) is 43.0 Å². The Morgan fingerprint density at radius 3 is 2.31 bits per heavy atom. The predicted molar refractivity (Wildman–Crippen MR) is 120 cm³/mol. The third kappa shape index (κ3) is 4.69. The molecule has 0 spiro atoms. The molecule has 3 aromatic rings. The van der Waals surface area contributed by atoms with Crippen molar-refractivity contribution in [1.29, 1.82) is 0 Å². The first-order valence-electron chi connectivity index (χ1n) is 10.5. The van der Waals surface area contributed by atoms with E-state index in [1.54, 1.807) is 42.2 Å². The van der Waals surface area contributed by atoms with Gasteiger partial charge >= 0.3 is 11.8 Å². The van der Waals surface area contributed by atoms with Crippen molar-refractivity contribution in [1.82, 2.24) is 20.4 Å². The summed E-state index contributed by atoms with van der Waals surface area (Å²) in [5.74, 6) is -1.90. The zero-order chi connectivity index (χ0) is 22.7. The molecular weight excluding hydrogens is 406 g/mol. The Hall–Kier alpha value is -3.94. The van der Waals surface area contributed by atoms with Crippen molar-refractivity contribution in [2.75, 3.05) is 5.32 Å². The van der Waals surface area contributed by atoms with Gasteiger partial charge in [0.15, 0.2) is 0 Å². The van der Waals surface area contributed by atoms with Crippen LogP contribution in [0.5, 0.6) is 0 Å². The highest BCUT2D eigenvalue weighted by molar-refractivity contribution is 6.40. The van der Waals surface area contributed by atoms with Crippen LogP contribution in [0.3, 0.4) is 0 Å². The summed E-state index contributed by atoms with van der Waals surface area (Å²) in [4.78, 5) is 37.6. The fourth-order valence-corrected chi connectivity index (χ4v) is 3.97. The second-order valence-electron chi connectivity index (χ2n) is 7.94. The maximum atomic E-state index is 12.9. The number of carbonyl (C=O) groups excluding carboxylic acids is 3. The van der Waals surface area contributed by atoms with Crippen molar-refractivity contribution in [3.8, 4) is 0 Å². The number of aromatic nitrogens is 2. The molecule has 1 aliphatic carbocycles. The number of amides is 3.